The third-order valence-electron chi connectivity index (χ3n) is 3.67. The Morgan fingerprint density at radius 2 is 1.71 bits per heavy atom. The molecule has 0 aliphatic heterocycles. The molecule has 0 radical (unpaired) electrons. The minimum Gasteiger partial charge on any atom is -0.308 e. The summed E-state index contributed by atoms with van der Waals surface area (Å²) in [5.41, 5.74) is 0.900. The van der Waals surface area contributed by atoms with Gasteiger partial charge in [-0.15, -0.1) is 21.5 Å². The number of pyridine rings is 1. The van der Waals surface area contributed by atoms with Gasteiger partial charge in [-0.3, -0.25) is 0 Å². The SMILES string of the molecule is Cn1c(CSc2nc3ccccc3s2)nnc1Sc1c(F)c(F)nc(F)c1F. The highest BCUT2D eigenvalue weighted by Gasteiger charge is 2.24. The molecule has 0 atom stereocenters. The first-order valence-corrected chi connectivity index (χ1v) is 10.3. The van der Waals surface area contributed by atoms with Gasteiger partial charge in [0.2, 0.25) is 0 Å². The molecular weight excluding hydrogens is 434 g/mol. The van der Waals surface area contributed by atoms with Crippen LogP contribution in [0.3, 0.4) is 0 Å². The normalized spacial score (nSPS) is 11.5. The van der Waals surface area contributed by atoms with Crippen molar-refractivity contribution in [2.24, 2.45) is 7.05 Å². The fraction of sp³-hybridized carbons (Fsp3) is 0.125. The Kier molecular flexibility index (Phi) is 5.25. The van der Waals surface area contributed by atoms with E-state index in [2.05, 4.69) is 20.2 Å². The van der Waals surface area contributed by atoms with Crippen molar-refractivity contribution in [2.45, 2.75) is 20.1 Å². The summed E-state index contributed by atoms with van der Waals surface area (Å²) in [7, 11) is 1.60. The molecule has 0 N–H and O–H groups in total. The van der Waals surface area contributed by atoms with Crippen LogP contribution in [0.2, 0.25) is 0 Å². The highest BCUT2D eigenvalue weighted by molar-refractivity contribution is 8.00. The zero-order valence-corrected chi connectivity index (χ0v) is 16.4. The number of thioether (sulfide) groups is 1. The topological polar surface area (TPSA) is 56.5 Å². The van der Waals surface area contributed by atoms with Crippen LogP contribution in [0.5, 0.6) is 0 Å². The zero-order valence-electron chi connectivity index (χ0n) is 14.0. The Bertz CT molecular complexity index is 1120. The lowest BCUT2D eigenvalue weighted by Crippen LogP contribution is -2.03. The molecule has 0 fully saturated rings. The van der Waals surface area contributed by atoms with Gasteiger partial charge in [-0.05, 0) is 23.9 Å². The molecule has 0 bridgehead atoms. The molecule has 0 spiro atoms. The van der Waals surface area contributed by atoms with Crippen LogP contribution in [0.1, 0.15) is 5.82 Å². The van der Waals surface area contributed by atoms with Crippen LogP contribution in [0.4, 0.5) is 17.6 Å². The van der Waals surface area contributed by atoms with Crippen molar-refractivity contribution >= 4 is 45.1 Å². The van der Waals surface area contributed by atoms with Gasteiger partial charge in [-0.2, -0.15) is 13.8 Å². The fourth-order valence-corrected chi connectivity index (χ4v) is 5.15. The molecule has 12 heteroatoms. The van der Waals surface area contributed by atoms with Crippen molar-refractivity contribution in [2.75, 3.05) is 0 Å². The Hall–Kier alpha value is -2.18. The molecular formula is C16H9F4N5S3. The minimum atomic E-state index is -1.71. The summed E-state index contributed by atoms with van der Waals surface area (Å²) in [5, 5.41) is 7.93. The van der Waals surface area contributed by atoms with Crippen molar-refractivity contribution in [3.8, 4) is 0 Å². The van der Waals surface area contributed by atoms with Gasteiger partial charge in [0.05, 0.1) is 20.9 Å². The van der Waals surface area contributed by atoms with Gasteiger partial charge in [-0.25, -0.2) is 13.8 Å². The summed E-state index contributed by atoms with van der Waals surface area (Å²) >= 11 is 3.42. The van der Waals surface area contributed by atoms with Crippen LogP contribution in [-0.2, 0) is 12.8 Å². The number of para-hydroxylation sites is 1. The molecule has 144 valence electrons. The molecule has 0 saturated heterocycles. The van der Waals surface area contributed by atoms with E-state index >= 15 is 0 Å². The number of aromatic nitrogens is 5. The molecule has 1 aromatic carbocycles. The highest BCUT2D eigenvalue weighted by atomic mass is 32.2. The Morgan fingerprint density at radius 1 is 1.00 bits per heavy atom. The third-order valence-corrected chi connectivity index (χ3v) is 6.95. The lowest BCUT2D eigenvalue weighted by atomic mass is 10.3. The third kappa shape index (κ3) is 3.59. The minimum absolute atomic E-state index is 0.0858. The lowest BCUT2D eigenvalue weighted by molar-refractivity contribution is 0.383. The predicted octanol–water partition coefficient (Wildman–Crippen LogP) is 4.82. The first-order chi connectivity index (χ1) is 13.4. The van der Waals surface area contributed by atoms with Crippen molar-refractivity contribution in [1.29, 1.82) is 0 Å². The Morgan fingerprint density at radius 3 is 2.43 bits per heavy atom. The largest absolute Gasteiger partial charge is 0.308 e. The quantitative estimate of drug-likeness (QED) is 0.250. The molecule has 4 aromatic rings. The van der Waals surface area contributed by atoms with Gasteiger partial charge in [0, 0.05) is 7.05 Å². The monoisotopic (exact) mass is 443 g/mol. The van der Waals surface area contributed by atoms with Crippen LogP contribution >= 0.6 is 34.9 Å². The summed E-state index contributed by atoms with van der Waals surface area (Å²) in [6.45, 7) is 0. The number of halogens is 4. The van der Waals surface area contributed by atoms with Gasteiger partial charge >= 0.3 is 0 Å². The van der Waals surface area contributed by atoms with E-state index in [1.807, 2.05) is 24.3 Å². The van der Waals surface area contributed by atoms with Gasteiger partial charge in [0.15, 0.2) is 21.1 Å². The second-order valence-corrected chi connectivity index (χ2v) is 8.68. The van der Waals surface area contributed by atoms with E-state index in [4.69, 9.17) is 0 Å². The van der Waals surface area contributed by atoms with E-state index in [-0.39, 0.29) is 5.16 Å². The molecule has 0 aliphatic carbocycles. The number of nitrogens with zero attached hydrogens (tertiary/aromatic N) is 5. The van der Waals surface area contributed by atoms with E-state index in [0.717, 1.165) is 14.6 Å². The highest BCUT2D eigenvalue weighted by Crippen LogP contribution is 2.34. The molecule has 28 heavy (non-hydrogen) atoms. The Labute approximate surface area is 168 Å². The summed E-state index contributed by atoms with van der Waals surface area (Å²) in [6, 6.07) is 7.74. The molecule has 4 rings (SSSR count). The summed E-state index contributed by atoms with van der Waals surface area (Å²) in [4.78, 5) is 6.18. The lowest BCUT2D eigenvalue weighted by Gasteiger charge is -2.06. The van der Waals surface area contributed by atoms with E-state index in [9.17, 15) is 17.6 Å². The standard InChI is InChI=1S/C16H9F4N5S3/c1-25-9(6-26-16-21-7-4-2-3-5-8(7)27-16)23-24-15(25)28-12-10(17)13(19)22-14(20)11(12)18/h2-5H,6H2,1H3. The summed E-state index contributed by atoms with van der Waals surface area (Å²) in [5.74, 6) is -5.64. The van der Waals surface area contributed by atoms with Crippen LogP contribution in [-0.4, -0.2) is 24.7 Å². The summed E-state index contributed by atoms with van der Waals surface area (Å²) < 4.78 is 57.5. The average molecular weight is 443 g/mol. The van der Waals surface area contributed by atoms with Crippen LogP contribution in [0, 0.1) is 23.5 Å². The number of hydrogen-bond donors (Lipinski definition) is 0. The van der Waals surface area contributed by atoms with Crippen LogP contribution in [0.15, 0.2) is 38.7 Å². The van der Waals surface area contributed by atoms with E-state index < -0.39 is 28.4 Å². The van der Waals surface area contributed by atoms with Gasteiger partial charge in [0.1, 0.15) is 5.82 Å². The number of fused-ring (bicyclic) bond motifs is 1. The van der Waals surface area contributed by atoms with E-state index in [1.54, 1.807) is 7.05 Å². The maximum atomic E-state index is 13.8. The predicted molar refractivity (Wildman–Crippen MR) is 98.4 cm³/mol. The fourth-order valence-electron chi connectivity index (χ4n) is 2.25. The van der Waals surface area contributed by atoms with Gasteiger partial charge < -0.3 is 4.57 Å². The van der Waals surface area contributed by atoms with Gasteiger partial charge in [0.25, 0.3) is 11.9 Å². The second kappa shape index (κ2) is 7.68. The van der Waals surface area contributed by atoms with Crippen LogP contribution in [0.25, 0.3) is 10.2 Å². The second-order valence-electron chi connectivity index (χ2n) is 5.45. The van der Waals surface area contributed by atoms with Crippen molar-refractivity contribution in [3.63, 3.8) is 0 Å². The molecule has 0 saturated carbocycles. The zero-order chi connectivity index (χ0) is 19.8. The molecule has 0 amide bonds. The first kappa shape index (κ1) is 19.2. The van der Waals surface area contributed by atoms with Crippen molar-refractivity contribution in [3.05, 3.63) is 53.6 Å². The van der Waals surface area contributed by atoms with E-state index in [0.29, 0.717) is 23.3 Å². The molecule has 5 nitrogen and oxygen atoms in total. The number of benzene rings is 1. The Balaban J connectivity index is 1.53. The molecule has 0 aliphatic rings. The molecule has 3 heterocycles. The van der Waals surface area contributed by atoms with Crippen LogP contribution < -0.4 is 0 Å². The molecule has 3 aromatic heterocycles. The van der Waals surface area contributed by atoms with Gasteiger partial charge in [-0.1, -0.05) is 23.9 Å². The summed E-state index contributed by atoms with van der Waals surface area (Å²) in [6.07, 6.45) is 0. The van der Waals surface area contributed by atoms with E-state index in [1.165, 1.54) is 27.7 Å². The maximum Gasteiger partial charge on any atom is 0.252 e. The smallest absolute Gasteiger partial charge is 0.252 e. The number of hydrogen-bond acceptors (Lipinski definition) is 7. The maximum absolute atomic E-state index is 13.8. The first-order valence-electron chi connectivity index (χ1n) is 7.68. The molecule has 0 unspecified atom stereocenters. The average Bonchev–Trinajstić information content (AvgIpc) is 3.25. The number of rotatable bonds is 5. The van der Waals surface area contributed by atoms with Crippen molar-refractivity contribution < 1.29 is 17.6 Å². The number of thiazole rings is 1. The van der Waals surface area contributed by atoms with Crippen molar-refractivity contribution in [1.82, 2.24) is 24.7 Å².